The fourth-order valence-electron chi connectivity index (χ4n) is 1.56. The van der Waals surface area contributed by atoms with E-state index in [1.807, 2.05) is 44.2 Å². The standard InChI is InChI=1S/C9H11NO2.C6H13NO2/c10-8(9(11)12)6-7-4-2-1-3-5-7;1-4(2)3-5(7)6(8)9/h1-5,8H,6,10H2,(H,11,12);4-5H,3,7H2,1-2H3,(H,8,9)/t;5-/m.0/s1. The fourth-order valence-corrected chi connectivity index (χ4v) is 1.56. The summed E-state index contributed by atoms with van der Waals surface area (Å²) >= 11 is 0. The number of aliphatic carboxylic acids is 2. The molecule has 118 valence electrons. The van der Waals surface area contributed by atoms with Gasteiger partial charge < -0.3 is 21.7 Å². The third kappa shape index (κ3) is 9.59. The molecule has 0 saturated heterocycles. The van der Waals surface area contributed by atoms with Crippen molar-refractivity contribution in [1.29, 1.82) is 0 Å². The van der Waals surface area contributed by atoms with Crippen molar-refractivity contribution in [3.63, 3.8) is 0 Å². The highest BCUT2D eigenvalue weighted by molar-refractivity contribution is 5.73. The Morgan fingerprint density at radius 2 is 1.48 bits per heavy atom. The van der Waals surface area contributed by atoms with Gasteiger partial charge in [0.05, 0.1) is 0 Å². The lowest BCUT2D eigenvalue weighted by Gasteiger charge is -2.07. The number of hydrogen-bond donors (Lipinski definition) is 4. The monoisotopic (exact) mass is 296 g/mol. The molecule has 21 heavy (non-hydrogen) atoms. The summed E-state index contributed by atoms with van der Waals surface area (Å²) in [5, 5.41) is 16.8. The smallest absolute Gasteiger partial charge is 0.320 e. The van der Waals surface area contributed by atoms with E-state index in [1.54, 1.807) is 0 Å². The molecule has 1 aromatic rings. The quantitative estimate of drug-likeness (QED) is 0.622. The zero-order valence-electron chi connectivity index (χ0n) is 12.4. The molecule has 1 aromatic carbocycles. The lowest BCUT2D eigenvalue weighted by Crippen LogP contribution is -2.32. The second-order valence-electron chi connectivity index (χ2n) is 5.21. The molecule has 2 atom stereocenters. The molecule has 0 bridgehead atoms. The minimum atomic E-state index is -0.959. The molecule has 0 heterocycles. The van der Waals surface area contributed by atoms with Crippen LogP contribution in [0, 0.1) is 5.92 Å². The van der Waals surface area contributed by atoms with E-state index in [0.717, 1.165) is 5.56 Å². The number of carbonyl (C=O) groups is 2. The molecule has 1 rings (SSSR count). The van der Waals surface area contributed by atoms with Gasteiger partial charge in [-0.25, -0.2) is 0 Å². The summed E-state index contributed by atoms with van der Waals surface area (Å²) in [5.74, 6) is -1.52. The van der Waals surface area contributed by atoms with Gasteiger partial charge in [-0.15, -0.1) is 0 Å². The molecule has 0 amide bonds. The Kier molecular flexibility index (Phi) is 9.00. The van der Waals surface area contributed by atoms with E-state index in [9.17, 15) is 9.59 Å². The first-order chi connectivity index (χ1) is 9.73. The Balaban J connectivity index is 0.000000400. The molecule has 0 aromatic heterocycles. The highest BCUT2D eigenvalue weighted by Crippen LogP contribution is 2.02. The molecule has 6 nitrogen and oxygen atoms in total. The molecular weight excluding hydrogens is 272 g/mol. The molecule has 0 fully saturated rings. The van der Waals surface area contributed by atoms with E-state index in [0.29, 0.717) is 18.8 Å². The van der Waals surface area contributed by atoms with Gasteiger partial charge in [0.2, 0.25) is 0 Å². The van der Waals surface area contributed by atoms with Crippen molar-refractivity contribution < 1.29 is 19.8 Å². The van der Waals surface area contributed by atoms with E-state index in [4.69, 9.17) is 21.7 Å². The van der Waals surface area contributed by atoms with E-state index >= 15 is 0 Å². The molecule has 0 radical (unpaired) electrons. The predicted molar refractivity (Wildman–Crippen MR) is 80.8 cm³/mol. The van der Waals surface area contributed by atoms with Gasteiger partial charge in [0.15, 0.2) is 0 Å². The first kappa shape index (κ1) is 19.1. The van der Waals surface area contributed by atoms with Crippen LogP contribution in [-0.4, -0.2) is 34.2 Å². The van der Waals surface area contributed by atoms with Gasteiger partial charge in [-0.3, -0.25) is 9.59 Å². The molecular formula is C15H24N2O4. The van der Waals surface area contributed by atoms with Crippen molar-refractivity contribution in [3.8, 4) is 0 Å². The maximum absolute atomic E-state index is 10.4. The van der Waals surface area contributed by atoms with Crippen LogP contribution in [0.5, 0.6) is 0 Å². The SMILES string of the molecule is CC(C)C[C@H](N)C(=O)O.NC(Cc1ccccc1)C(=O)O. The second-order valence-corrected chi connectivity index (χ2v) is 5.21. The Bertz CT molecular complexity index is 435. The molecule has 0 aliphatic rings. The van der Waals surface area contributed by atoms with Gasteiger partial charge in [-0.2, -0.15) is 0 Å². The van der Waals surface area contributed by atoms with Gasteiger partial charge in [-0.1, -0.05) is 44.2 Å². The summed E-state index contributed by atoms with van der Waals surface area (Å²) < 4.78 is 0. The minimum Gasteiger partial charge on any atom is -0.480 e. The number of nitrogens with two attached hydrogens (primary N) is 2. The first-order valence-corrected chi connectivity index (χ1v) is 6.74. The number of rotatable bonds is 6. The maximum atomic E-state index is 10.4. The zero-order valence-corrected chi connectivity index (χ0v) is 12.4. The van der Waals surface area contributed by atoms with Crippen LogP contribution in [0.3, 0.4) is 0 Å². The fraction of sp³-hybridized carbons (Fsp3) is 0.467. The molecule has 6 N–H and O–H groups in total. The summed E-state index contributed by atoms with van der Waals surface area (Å²) in [4.78, 5) is 20.5. The molecule has 0 aliphatic carbocycles. The van der Waals surface area contributed by atoms with Crippen LogP contribution in [0.1, 0.15) is 25.8 Å². The third-order valence-corrected chi connectivity index (χ3v) is 2.66. The van der Waals surface area contributed by atoms with Gasteiger partial charge >= 0.3 is 11.9 Å². The Hall–Kier alpha value is -1.92. The van der Waals surface area contributed by atoms with E-state index in [2.05, 4.69) is 0 Å². The van der Waals surface area contributed by atoms with Crippen LogP contribution in [-0.2, 0) is 16.0 Å². The number of benzene rings is 1. The van der Waals surface area contributed by atoms with Crippen LogP contribution in [0.25, 0.3) is 0 Å². The zero-order chi connectivity index (χ0) is 16.4. The van der Waals surface area contributed by atoms with Crippen molar-refractivity contribution in [2.45, 2.75) is 38.8 Å². The van der Waals surface area contributed by atoms with Crippen LogP contribution >= 0.6 is 0 Å². The van der Waals surface area contributed by atoms with Crippen LogP contribution in [0.15, 0.2) is 30.3 Å². The van der Waals surface area contributed by atoms with Crippen LogP contribution in [0.4, 0.5) is 0 Å². The Labute approximate surface area is 124 Å². The lowest BCUT2D eigenvalue weighted by molar-refractivity contribution is -0.139. The average molecular weight is 296 g/mol. The van der Waals surface area contributed by atoms with E-state index in [-0.39, 0.29) is 0 Å². The average Bonchev–Trinajstić information content (AvgIpc) is 2.39. The Morgan fingerprint density at radius 3 is 1.81 bits per heavy atom. The lowest BCUT2D eigenvalue weighted by atomic mass is 10.1. The molecule has 1 unspecified atom stereocenters. The highest BCUT2D eigenvalue weighted by Gasteiger charge is 2.12. The van der Waals surface area contributed by atoms with Crippen molar-refractivity contribution in [3.05, 3.63) is 35.9 Å². The number of carboxylic acids is 2. The largest absolute Gasteiger partial charge is 0.480 e. The summed E-state index contributed by atoms with van der Waals surface area (Å²) in [5.41, 5.74) is 11.5. The topological polar surface area (TPSA) is 127 Å². The number of hydrogen-bond acceptors (Lipinski definition) is 4. The molecule has 6 heteroatoms. The molecule has 0 saturated carbocycles. The van der Waals surface area contributed by atoms with Crippen LogP contribution < -0.4 is 11.5 Å². The van der Waals surface area contributed by atoms with Gasteiger partial charge in [0, 0.05) is 0 Å². The predicted octanol–water partition coefficient (Wildman–Crippen LogP) is 1.09. The van der Waals surface area contributed by atoms with Gasteiger partial charge in [-0.05, 0) is 24.3 Å². The first-order valence-electron chi connectivity index (χ1n) is 6.74. The summed E-state index contributed by atoms with van der Waals surface area (Å²) in [6, 6.07) is 7.85. The van der Waals surface area contributed by atoms with Crippen molar-refractivity contribution in [1.82, 2.24) is 0 Å². The van der Waals surface area contributed by atoms with Gasteiger partial charge in [0.1, 0.15) is 12.1 Å². The normalized spacial score (nSPS) is 13.0. The van der Waals surface area contributed by atoms with Crippen molar-refractivity contribution in [2.75, 3.05) is 0 Å². The second kappa shape index (κ2) is 9.90. The summed E-state index contributed by atoms with van der Waals surface area (Å²) in [6.07, 6.45) is 0.936. The minimum absolute atomic E-state index is 0.357. The highest BCUT2D eigenvalue weighted by atomic mass is 16.4. The summed E-state index contributed by atoms with van der Waals surface area (Å²) in [6.45, 7) is 3.89. The number of carboxylic acid groups (broad SMARTS) is 2. The van der Waals surface area contributed by atoms with E-state index in [1.165, 1.54) is 0 Å². The van der Waals surface area contributed by atoms with Crippen molar-refractivity contribution >= 4 is 11.9 Å². The summed E-state index contributed by atoms with van der Waals surface area (Å²) in [7, 11) is 0. The molecule has 0 spiro atoms. The van der Waals surface area contributed by atoms with Crippen LogP contribution in [0.2, 0.25) is 0 Å². The third-order valence-electron chi connectivity index (χ3n) is 2.66. The van der Waals surface area contributed by atoms with Crippen molar-refractivity contribution in [2.24, 2.45) is 17.4 Å². The maximum Gasteiger partial charge on any atom is 0.320 e. The van der Waals surface area contributed by atoms with E-state index < -0.39 is 24.0 Å². The molecule has 0 aliphatic heterocycles. The Morgan fingerprint density at radius 1 is 1.00 bits per heavy atom. The van der Waals surface area contributed by atoms with Gasteiger partial charge in [0.25, 0.3) is 0 Å².